The predicted molar refractivity (Wildman–Crippen MR) is 57.9 cm³/mol. The highest BCUT2D eigenvalue weighted by atomic mass is 35.5. The van der Waals surface area contributed by atoms with Crippen LogP contribution in [0.2, 0.25) is 5.02 Å². The zero-order valence-electron chi connectivity index (χ0n) is 7.01. The number of rotatable bonds is 4. The fourth-order valence-electron chi connectivity index (χ4n) is 1.03. The molecule has 0 unspecified atom stereocenters. The average Bonchev–Trinajstić information content (AvgIpc) is 2.17. The van der Waals surface area contributed by atoms with E-state index in [1.807, 2.05) is 6.07 Å². The third-order valence-corrected chi connectivity index (χ3v) is 3.01. The summed E-state index contributed by atoms with van der Waals surface area (Å²) in [6, 6.07) is 1.90. The summed E-state index contributed by atoms with van der Waals surface area (Å²) in [5.41, 5.74) is 1.06. The van der Waals surface area contributed by atoms with Gasteiger partial charge in [0.15, 0.2) is 0 Å². The molecule has 0 bridgehead atoms. The number of hydrogen-bond donors (Lipinski definition) is 0. The second-order valence-electron chi connectivity index (χ2n) is 2.85. The van der Waals surface area contributed by atoms with Gasteiger partial charge in [-0.05, 0) is 24.0 Å². The summed E-state index contributed by atoms with van der Waals surface area (Å²) in [5.74, 6) is 1.40. The zero-order chi connectivity index (χ0) is 9.68. The van der Waals surface area contributed by atoms with Gasteiger partial charge in [-0.1, -0.05) is 11.6 Å². The molecular weight excluding hydrogens is 228 g/mol. The molecule has 72 valence electrons. The molecule has 0 saturated carbocycles. The van der Waals surface area contributed by atoms with Crippen LogP contribution in [0.25, 0.3) is 0 Å². The molecule has 13 heavy (non-hydrogen) atoms. The largest absolute Gasteiger partial charge is 0.263 e. The minimum Gasteiger partial charge on any atom is -0.263 e. The van der Waals surface area contributed by atoms with Gasteiger partial charge >= 0.3 is 0 Å². The van der Waals surface area contributed by atoms with Crippen molar-refractivity contribution in [2.24, 2.45) is 5.92 Å². The highest BCUT2D eigenvalue weighted by Gasteiger charge is 2.09. The van der Waals surface area contributed by atoms with Crippen molar-refractivity contribution in [2.45, 2.75) is 6.42 Å². The van der Waals surface area contributed by atoms with Crippen molar-refractivity contribution in [3.8, 4) is 0 Å². The Balaban J connectivity index is 2.67. The first-order valence-electron chi connectivity index (χ1n) is 3.98. The summed E-state index contributed by atoms with van der Waals surface area (Å²) in [7, 11) is 0. The Morgan fingerprint density at radius 1 is 1.31 bits per heavy atom. The molecule has 4 heteroatoms. The molecule has 1 heterocycles. The van der Waals surface area contributed by atoms with E-state index in [0.29, 0.717) is 16.8 Å². The summed E-state index contributed by atoms with van der Waals surface area (Å²) in [5, 5.41) is 0.683. The second-order valence-corrected chi connectivity index (χ2v) is 3.87. The van der Waals surface area contributed by atoms with E-state index in [2.05, 4.69) is 4.98 Å². The minimum absolute atomic E-state index is 0.281. The van der Waals surface area contributed by atoms with Crippen LogP contribution in [0.15, 0.2) is 18.5 Å². The van der Waals surface area contributed by atoms with Gasteiger partial charge in [-0.3, -0.25) is 4.98 Å². The van der Waals surface area contributed by atoms with Crippen LogP contribution in [-0.2, 0) is 6.42 Å². The van der Waals surface area contributed by atoms with Gasteiger partial charge < -0.3 is 0 Å². The molecule has 0 radical (unpaired) electrons. The summed E-state index contributed by atoms with van der Waals surface area (Å²) in [6.45, 7) is 0. The number of hydrogen-bond acceptors (Lipinski definition) is 1. The lowest BCUT2D eigenvalue weighted by Crippen LogP contribution is -2.08. The van der Waals surface area contributed by atoms with E-state index in [4.69, 9.17) is 34.8 Å². The SMILES string of the molecule is ClCC(CCl)Cc1ccncc1Cl. The predicted octanol–water partition coefficient (Wildman–Crippen LogP) is 3.37. The summed E-state index contributed by atoms with van der Waals surface area (Å²) in [6.07, 6.45) is 4.17. The monoisotopic (exact) mass is 237 g/mol. The number of aromatic nitrogens is 1. The Hall–Kier alpha value is 0.0200. The Labute approximate surface area is 93.0 Å². The van der Waals surface area contributed by atoms with Gasteiger partial charge in [0.2, 0.25) is 0 Å². The highest BCUT2D eigenvalue weighted by molar-refractivity contribution is 6.31. The smallest absolute Gasteiger partial charge is 0.0621 e. The summed E-state index contributed by atoms with van der Waals surface area (Å²) >= 11 is 17.4. The number of nitrogens with zero attached hydrogens (tertiary/aromatic N) is 1. The Bertz CT molecular complexity index is 261. The lowest BCUT2D eigenvalue weighted by molar-refractivity contribution is 0.661. The van der Waals surface area contributed by atoms with Crippen molar-refractivity contribution in [1.29, 1.82) is 0 Å². The molecule has 0 fully saturated rings. The lowest BCUT2D eigenvalue weighted by Gasteiger charge is -2.10. The van der Waals surface area contributed by atoms with Crippen LogP contribution in [0.4, 0.5) is 0 Å². The van der Waals surface area contributed by atoms with Gasteiger partial charge in [0.1, 0.15) is 0 Å². The van der Waals surface area contributed by atoms with Crippen molar-refractivity contribution in [3.05, 3.63) is 29.0 Å². The standard InChI is InChI=1S/C9H10Cl3N/c10-4-7(5-11)3-8-1-2-13-6-9(8)12/h1-2,6-7H,3-5H2. The maximum atomic E-state index is 5.93. The number of halogens is 3. The van der Waals surface area contributed by atoms with Crippen molar-refractivity contribution >= 4 is 34.8 Å². The Morgan fingerprint density at radius 2 is 2.00 bits per heavy atom. The molecule has 0 aliphatic carbocycles. The quantitative estimate of drug-likeness (QED) is 0.733. The molecule has 0 aliphatic rings. The van der Waals surface area contributed by atoms with E-state index in [-0.39, 0.29) is 5.92 Å². The van der Waals surface area contributed by atoms with Gasteiger partial charge in [0.25, 0.3) is 0 Å². The van der Waals surface area contributed by atoms with Crippen molar-refractivity contribution in [2.75, 3.05) is 11.8 Å². The van der Waals surface area contributed by atoms with Crippen LogP contribution in [0.3, 0.4) is 0 Å². The zero-order valence-corrected chi connectivity index (χ0v) is 9.28. The van der Waals surface area contributed by atoms with Gasteiger partial charge in [-0.2, -0.15) is 0 Å². The number of pyridine rings is 1. The van der Waals surface area contributed by atoms with E-state index < -0.39 is 0 Å². The third-order valence-electron chi connectivity index (χ3n) is 1.80. The van der Waals surface area contributed by atoms with Gasteiger partial charge in [0, 0.05) is 24.2 Å². The first-order chi connectivity index (χ1) is 6.27. The molecule has 0 N–H and O–H groups in total. The van der Waals surface area contributed by atoms with E-state index >= 15 is 0 Å². The van der Waals surface area contributed by atoms with Crippen LogP contribution in [0.5, 0.6) is 0 Å². The van der Waals surface area contributed by atoms with Crippen molar-refractivity contribution in [1.82, 2.24) is 4.98 Å². The second kappa shape index (κ2) is 5.69. The van der Waals surface area contributed by atoms with E-state index in [0.717, 1.165) is 12.0 Å². The van der Waals surface area contributed by atoms with Crippen LogP contribution in [0.1, 0.15) is 5.56 Å². The maximum absolute atomic E-state index is 5.93. The maximum Gasteiger partial charge on any atom is 0.0621 e. The van der Waals surface area contributed by atoms with Crippen molar-refractivity contribution < 1.29 is 0 Å². The molecular formula is C9H10Cl3N. The highest BCUT2D eigenvalue weighted by Crippen LogP contribution is 2.19. The van der Waals surface area contributed by atoms with Crippen LogP contribution in [0, 0.1) is 5.92 Å². The molecule has 0 saturated heterocycles. The van der Waals surface area contributed by atoms with Gasteiger partial charge in [-0.15, -0.1) is 23.2 Å². The molecule has 0 spiro atoms. The van der Waals surface area contributed by atoms with E-state index in [1.54, 1.807) is 12.4 Å². The van der Waals surface area contributed by atoms with E-state index in [9.17, 15) is 0 Å². The Kier molecular flexibility index (Phi) is 4.86. The molecule has 0 atom stereocenters. The molecule has 1 aromatic heterocycles. The molecule has 0 aromatic carbocycles. The normalized spacial score (nSPS) is 10.8. The third kappa shape index (κ3) is 3.34. The molecule has 0 amide bonds. The first kappa shape index (κ1) is 11.1. The van der Waals surface area contributed by atoms with Crippen molar-refractivity contribution in [3.63, 3.8) is 0 Å². The van der Waals surface area contributed by atoms with Crippen LogP contribution in [-0.4, -0.2) is 16.7 Å². The molecule has 0 aliphatic heterocycles. The van der Waals surface area contributed by atoms with Crippen LogP contribution < -0.4 is 0 Å². The number of alkyl halides is 2. The molecule has 1 aromatic rings. The van der Waals surface area contributed by atoms with E-state index in [1.165, 1.54) is 0 Å². The summed E-state index contributed by atoms with van der Waals surface area (Å²) in [4.78, 5) is 3.91. The molecule has 1 rings (SSSR count). The minimum atomic E-state index is 0.281. The van der Waals surface area contributed by atoms with Gasteiger partial charge in [-0.25, -0.2) is 0 Å². The summed E-state index contributed by atoms with van der Waals surface area (Å²) < 4.78 is 0. The Morgan fingerprint density at radius 3 is 2.54 bits per heavy atom. The van der Waals surface area contributed by atoms with Gasteiger partial charge in [0.05, 0.1) is 5.02 Å². The fraction of sp³-hybridized carbons (Fsp3) is 0.444. The lowest BCUT2D eigenvalue weighted by atomic mass is 10.0. The molecule has 1 nitrogen and oxygen atoms in total. The average molecular weight is 239 g/mol. The topological polar surface area (TPSA) is 12.9 Å². The first-order valence-corrected chi connectivity index (χ1v) is 5.43. The van der Waals surface area contributed by atoms with Crippen LogP contribution >= 0.6 is 34.8 Å². The fourth-order valence-corrected chi connectivity index (χ4v) is 1.78.